The number of benzene rings is 3. The van der Waals surface area contributed by atoms with Gasteiger partial charge in [0.1, 0.15) is 0 Å². The third kappa shape index (κ3) is 5.69. The van der Waals surface area contributed by atoms with Crippen LogP contribution in [0.25, 0.3) is 0 Å². The Balaban J connectivity index is 1.63. The van der Waals surface area contributed by atoms with Gasteiger partial charge in [-0.05, 0) is 61.0 Å². The van der Waals surface area contributed by atoms with E-state index in [2.05, 4.69) is 31.9 Å². The zero-order valence-corrected chi connectivity index (χ0v) is 17.7. The van der Waals surface area contributed by atoms with Crippen LogP contribution in [-0.4, -0.2) is 11.9 Å². The van der Waals surface area contributed by atoms with Crippen LogP contribution < -0.4 is 16.0 Å². The van der Waals surface area contributed by atoms with Gasteiger partial charge in [0.05, 0.1) is 17.7 Å². The molecule has 3 rings (SSSR count). The van der Waals surface area contributed by atoms with Crippen molar-refractivity contribution in [2.75, 3.05) is 10.6 Å². The summed E-state index contributed by atoms with van der Waals surface area (Å²) in [5.41, 5.74) is 2.83. The SMILES string of the molecule is CC(NC(=O)Nc1cccc(C(=O)Nc2cccc(C#N)c2)c1)c1cccc(Br)c1. The van der Waals surface area contributed by atoms with Gasteiger partial charge < -0.3 is 16.0 Å². The molecule has 0 spiro atoms. The van der Waals surface area contributed by atoms with Gasteiger partial charge in [0, 0.05) is 21.4 Å². The maximum Gasteiger partial charge on any atom is 0.319 e. The van der Waals surface area contributed by atoms with E-state index < -0.39 is 0 Å². The van der Waals surface area contributed by atoms with Crippen LogP contribution in [0.5, 0.6) is 0 Å². The fraction of sp³-hybridized carbons (Fsp3) is 0.0870. The quantitative estimate of drug-likeness (QED) is 0.469. The molecule has 0 radical (unpaired) electrons. The molecular weight excluding hydrogens is 444 g/mol. The van der Waals surface area contributed by atoms with E-state index in [9.17, 15) is 9.59 Å². The number of amides is 3. The molecule has 0 bridgehead atoms. The van der Waals surface area contributed by atoms with Crippen LogP contribution in [0.1, 0.15) is 34.5 Å². The average molecular weight is 463 g/mol. The third-order valence-electron chi connectivity index (χ3n) is 4.33. The summed E-state index contributed by atoms with van der Waals surface area (Å²) in [7, 11) is 0. The number of hydrogen-bond donors (Lipinski definition) is 3. The Labute approximate surface area is 183 Å². The van der Waals surface area contributed by atoms with Crippen LogP contribution >= 0.6 is 15.9 Å². The van der Waals surface area contributed by atoms with Crippen LogP contribution in [0.15, 0.2) is 77.3 Å². The normalized spacial score (nSPS) is 11.1. The van der Waals surface area contributed by atoms with Crippen molar-refractivity contribution in [3.63, 3.8) is 0 Å². The van der Waals surface area contributed by atoms with E-state index in [0.29, 0.717) is 22.5 Å². The molecule has 6 nitrogen and oxygen atoms in total. The predicted octanol–water partition coefficient (Wildman–Crippen LogP) is 5.46. The summed E-state index contributed by atoms with van der Waals surface area (Å²) in [5, 5.41) is 17.3. The molecule has 3 amide bonds. The number of nitrogens with zero attached hydrogens (tertiary/aromatic N) is 1. The summed E-state index contributed by atoms with van der Waals surface area (Å²) in [6.45, 7) is 1.89. The smallest absolute Gasteiger partial charge is 0.319 e. The number of carbonyl (C=O) groups is 2. The lowest BCUT2D eigenvalue weighted by molar-refractivity contribution is 0.102. The number of rotatable bonds is 5. The molecule has 1 atom stereocenters. The molecule has 150 valence electrons. The van der Waals surface area contributed by atoms with Crippen molar-refractivity contribution < 1.29 is 9.59 Å². The van der Waals surface area contributed by atoms with Gasteiger partial charge in [-0.1, -0.05) is 40.2 Å². The van der Waals surface area contributed by atoms with Gasteiger partial charge in [0.25, 0.3) is 5.91 Å². The predicted molar refractivity (Wildman–Crippen MR) is 120 cm³/mol. The Morgan fingerprint density at radius 2 is 1.63 bits per heavy atom. The largest absolute Gasteiger partial charge is 0.331 e. The van der Waals surface area contributed by atoms with Crippen molar-refractivity contribution >= 4 is 39.2 Å². The van der Waals surface area contributed by atoms with Crippen LogP contribution in [0, 0.1) is 11.3 Å². The van der Waals surface area contributed by atoms with E-state index in [1.165, 1.54) is 0 Å². The molecule has 0 aliphatic carbocycles. The second-order valence-corrected chi connectivity index (χ2v) is 7.52. The highest BCUT2D eigenvalue weighted by molar-refractivity contribution is 9.10. The summed E-state index contributed by atoms with van der Waals surface area (Å²) in [6, 6.07) is 22.5. The monoisotopic (exact) mass is 462 g/mol. The van der Waals surface area contributed by atoms with Crippen molar-refractivity contribution in [2.45, 2.75) is 13.0 Å². The summed E-state index contributed by atoms with van der Waals surface area (Å²) < 4.78 is 0.938. The second-order valence-electron chi connectivity index (χ2n) is 6.60. The molecule has 3 aromatic carbocycles. The zero-order valence-electron chi connectivity index (χ0n) is 16.1. The lowest BCUT2D eigenvalue weighted by Crippen LogP contribution is -2.31. The highest BCUT2D eigenvalue weighted by Crippen LogP contribution is 2.19. The Kier molecular flexibility index (Phi) is 6.83. The molecule has 0 aromatic heterocycles. The van der Waals surface area contributed by atoms with E-state index in [1.807, 2.05) is 37.3 Å². The van der Waals surface area contributed by atoms with Crippen molar-refractivity contribution in [2.24, 2.45) is 0 Å². The molecule has 0 aliphatic rings. The Morgan fingerprint density at radius 1 is 0.933 bits per heavy atom. The van der Waals surface area contributed by atoms with Crippen molar-refractivity contribution in [3.8, 4) is 6.07 Å². The van der Waals surface area contributed by atoms with Gasteiger partial charge in [-0.3, -0.25) is 4.79 Å². The number of anilines is 2. The summed E-state index contributed by atoms with van der Waals surface area (Å²) >= 11 is 3.42. The number of urea groups is 1. The minimum absolute atomic E-state index is 0.193. The first-order valence-electron chi connectivity index (χ1n) is 9.19. The van der Waals surface area contributed by atoms with Gasteiger partial charge in [-0.2, -0.15) is 5.26 Å². The Hall–Kier alpha value is -3.63. The molecule has 1 unspecified atom stereocenters. The average Bonchev–Trinajstić information content (AvgIpc) is 2.74. The summed E-state index contributed by atoms with van der Waals surface area (Å²) in [6.07, 6.45) is 0. The topological polar surface area (TPSA) is 94.0 Å². The molecule has 0 saturated carbocycles. The number of nitrogens with one attached hydrogen (secondary N) is 3. The minimum Gasteiger partial charge on any atom is -0.331 e. The van der Waals surface area contributed by atoms with Crippen LogP contribution in [0.4, 0.5) is 16.2 Å². The molecule has 3 N–H and O–H groups in total. The summed E-state index contributed by atoms with van der Waals surface area (Å²) in [5.74, 6) is -0.336. The van der Waals surface area contributed by atoms with Crippen LogP contribution in [0.3, 0.4) is 0 Å². The minimum atomic E-state index is -0.373. The van der Waals surface area contributed by atoms with Gasteiger partial charge in [0.15, 0.2) is 0 Å². The van der Waals surface area contributed by atoms with E-state index in [4.69, 9.17) is 5.26 Å². The zero-order chi connectivity index (χ0) is 21.5. The van der Waals surface area contributed by atoms with Gasteiger partial charge in [-0.25, -0.2) is 4.79 Å². The lowest BCUT2D eigenvalue weighted by atomic mass is 10.1. The maximum absolute atomic E-state index is 12.5. The van der Waals surface area contributed by atoms with Crippen molar-refractivity contribution in [1.82, 2.24) is 5.32 Å². The molecule has 3 aromatic rings. The number of nitriles is 1. The standard InChI is InChI=1S/C23H19BrN4O2/c1-15(17-6-3-8-19(24)12-17)26-23(30)28-21-10-4-7-18(13-21)22(29)27-20-9-2-5-16(11-20)14-25/h2-13,15H,1H3,(H,27,29)(H2,26,28,30). The molecule has 30 heavy (non-hydrogen) atoms. The lowest BCUT2D eigenvalue weighted by Gasteiger charge is -2.15. The van der Waals surface area contributed by atoms with E-state index >= 15 is 0 Å². The third-order valence-corrected chi connectivity index (χ3v) is 4.82. The first-order valence-corrected chi connectivity index (χ1v) is 9.98. The molecule has 0 fully saturated rings. The van der Waals surface area contributed by atoms with E-state index in [0.717, 1.165) is 10.0 Å². The Morgan fingerprint density at radius 3 is 2.37 bits per heavy atom. The van der Waals surface area contributed by atoms with Gasteiger partial charge in [-0.15, -0.1) is 0 Å². The number of hydrogen-bond acceptors (Lipinski definition) is 3. The highest BCUT2D eigenvalue weighted by atomic mass is 79.9. The first-order chi connectivity index (χ1) is 14.4. The van der Waals surface area contributed by atoms with Gasteiger partial charge >= 0.3 is 6.03 Å². The molecule has 0 heterocycles. The molecular formula is C23H19BrN4O2. The first kappa shape index (κ1) is 21.1. The number of halogens is 1. The van der Waals surface area contributed by atoms with Crippen molar-refractivity contribution in [3.05, 3.63) is 94.0 Å². The van der Waals surface area contributed by atoms with E-state index in [-0.39, 0.29) is 18.0 Å². The number of carbonyl (C=O) groups excluding carboxylic acids is 2. The second kappa shape index (κ2) is 9.72. The molecule has 0 saturated heterocycles. The van der Waals surface area contributed by atoms with E-state index in [1.54, 1.807) is 48.5 Å². The fourth-order valence-corrected chi connectivity index (χ4v) is 3.25. The van der Waals surface area contributed by atoms with Crippen molar-refractivity contribution in [1.29, 1.82) is 5.26 Å². The molecule has 7 heteroatoms. The summed E-state index contributed by atoms with van der Waals surface area (Å²) in [4.78, 5) is 24.9. The Bertz CT molecular complexity index is 1120. The van der Waals surface area contributed by atoms with Crippen LogP contribution in [-0.2, 0) is 0 Å². The van der Waals surface area contributed by atoms with Gasteiger partial charge in [0.2, 0.25) is 0 Å². The maximum atomic E-state index is 12.5. The van der Waals surface area contributed by atoms with Crippen LogP contribution in [0.2, 0.25) is 0 Å². The molecule has 0 aliphatic heterocycles. The highest BCUT2D eigenvalue weighted by Gasteiger charge is 2.12. The fourth-order valence-electron chi connectivity index (χ4n) is 2.83.